The van der Waals surface area contributed by atoms with Crippen molar-refractivity contribution in [3.05, 3.63) is 42.0 Å². The third kappa shape index (κ3) is 1.63. The van der Waals surface area contributed by atoms with Crippen LogP contribution in [0.2, 0.25) is 0 Å². The summed E-state index contributed by atoms with van der Waals surface area (Å²) in [5.41, 5.74) is 1.08. The highest BCUT2D eigenvalue weighted by Gasteiger charge is 2.19. The summed E-state index contributed by atoms with van der Waals surface area (Å²) in [7, 11) is 0. The van der Waals surface area contributed by atoms with Crippen LogP contribution in [0.15, 0.2) is 36.4 Å². The normalized spacial score (nSPS) is 14.8. The molecule has 0 bridgehead atoms. The number of amides is 2. The Balaban J connectivity index is 2.27. The highest BCUT2D eigenvalue weighted by atomic mass is 16.2. The molecule has 2 aromatic carbocycles. The average molecular weight is 226 g/mol. The van der Waals surface area contributed by atoms with Gasteiger partial charge in [0, 0.05) is 0 Å². The molecule has 0 saturated carbocycles. The van der Waals surface area contributed by atoms with Crippen LogP contribution in [0.5, 0.6) is 0 Å². The maximum Gasteiger partial charge on any atom is 0.253 e. The molecule has 2 aromatic rings. The smallest absolute Gasteiger partial charge is 0.253 e. The standard InChI is InChI=1S/C13H10N2O2/c16-12-7-14-13(17)10-5-8-3-1-2-4-9(8)6-11(10)15-12/h1-6H,7H2,(H,14,17)(H,15,16). The van der Waals surface area contributed by atoms with Crippen molar-refractivity contribution in [2.45, 2.75) is 0 Å². The van der Waals surface area contributed by atoms with E-state index in [9.17, 15) is 9.59 Å². The lowest BCUT2D eigenvalue weighted by Crippen LogP contribution is -2.28. The van der Waals surface area contributed by atoms with Crippen LogP contribution in [0.4, 0.5) is 5.69 Å². The maximum atomic E-state index is 11.8. The number of carbonyl (C=O) groups excluding carboxylic acids is 2. The van der Waals surface area contributed by atoms with E-state index >= 15 is 0 Å². The van der Waals surface area contributed by atoms with Crippen molar-refractivity contribution in [3.63, 3.8) is 0 Å². The first-order valence-electron chi connectivity index (χ1n) is 5.35. The molecule has 17 heavy (non-hydrogen) atoms. The van der Waals surface area contributed by atoms with Crippen LogP contribution in [0, 0.1) is 0 Å². The molecule has 3 rings (SSSR count). The Morgan fingerprint density at radius 1 is 1.00 bits per heavy atom. The minimum absolute atomic E-state index is 0.0177. The van der Waals surface area contributed by atoms with E-state index in [0.29, 0.717) is 11.3 Å². The van der Waals surface area contributed by atoms with E-state index in [2.05, 4.69) is 10.6 Å². The molecule has 0 fully saturated rings. The molecule has 4 nitrogen and oxygen atoms in total. The SMILES string of the molecule is O=C1CNC(=O)c2cc3ccccc3cc2N1. The first-order valence-corrected chi connectivity index (χ1v) is 5.35. The summed E-state index contributed by atoms with van der Waals surface area (Å²) in [5, 5.41) is 7.27. The fourth-order valence-corrected chi connectivity index (χ4v) is 1.98. The molecule has 0 aliphatic carbocycles. The van der Waals surface area contributed by atoms with E-state index in [1.165, 1.54) is 0 Å². The number of hydrogen-bond acceptors (Lipinski definition) is 2. The van der Waals surface area contributed by atoms with Gasteiger partial charge in [0.1, 0.15) is 0 Å². The number of anilines is 1. The molecule has 1 aliphatic rings. The molecule has 0 spiro atoms. The molecule has 4 heteroatoms. The quantitative estimate of drug-likeness (QED) is 0.715. The first-order chi connectivity index (χ1) is 8.24. The fraction of sp³-hybridized carbons (Fsp3) is 0.0769. The van der Waals surface area contributed by atoms with Crippen LogP contribution in [0.25, 0.3) is 10.8 Å². The zero-order valence-corrected chi connectivity index (χ0v) is 8.99. The van der Waals surface area contributed by atoms with E-state index < -0.39 is 0 Å². The van der Waals surface area contributed by atoms with Gasteiger partial charge in [-0.2, -0.15) is 0 Å². The minimum Gasteiger partial charge on any atom is -0.343 e. The van der Waals surface area contributed by atoms with Crippen LogP contribution in [-0.4, -0.2) is 18.4 Å². The van der Waals surface area contributed by atoms with Gasteiger partial charge < -0.3 is 10.6 Å². The number of hydrogen-bond donors (Lipinski definition) is 2. The van der Waals surface area contributed by atoms with Gasteiger partial charge in [-0.15, -0.1) is 0 Å². The molecule has 0 atom stereocenters. The molecule has 1 aliphatic heterocycles. The van der Waals surface area contributed by atoms with Crippen LogP contribution < -0.4 is 10.6 Å². The van der Waals surface area contributed by atoms with Crippen molar-refractivity contribution in [1.29, 1.82) is 0 Å². The van der Waals surface area contributed by atoms with Crippen molar-refractivity contribution in [2.24, 2.45) is 0 Å². The zero-order valence-electron chi connectivity index (χ0n) is 8.99. The Labute approximate surface area is 97.6 Å². The van der Waals surface area contributed by atoms with Gasteiger partial charge in [-0.25, -0.2) is 0 Å². The lowest BCUT2D eigenvalue weighted by atomic mass is 10.0. The van der Waals surface area contributed by atoms with Crippen molar-refractivity contribution in [1.82, 2.24) is 5.32 Å². The number of fused-ring (bicyclic) bond motifs is 2. The summed E-state index contributed by atoms with van der Waals surface area (Å²) in [6.45, 7) is 0.0177. The van der Waals surface area contributed by atoms with Gasteiger partial charge in [0.05, 0.1) is 17.8 Å². The third-order valence-electron chi connectivity index (χ3n) is 2.81. The zero-order chi connectivity index (χ0) is 11.8. The van der Waals surface area contributed by atoms with E-state index in [1.54, 1.807) is 6.07 Å². The topological polar surface area (TPSA) is 58.2 Å². The third-order valence-corrected chi connectivity index (χ3v) is 2.81. The largest absolute Gasteiger partial charge is 0.343 e. The van der Waals surface area contributed by atoms with Gasteiger partial charge in [0.25, 0.3) is 5.91 Å². The second kappa shape index (κ2) is 3.59. The van der Waals surface area contributed by atoms with Crippen LogP contribution >= 0.6 is 0 Å². The Morgan fingerprint density at radius 3 is 2.47 bits per heavy atom. The van der Waals surface area contributed by atoms with Crippen molar-refractivity contribution in [2.75, 3.05) is 11.9 Å². The number of nitrogens with one attached hydrogen (secondary N) is 2. The van der Waals surface area contributed by atoms with Gasteiger partial charge in [0.2, 0.25) is 5.91 Å². The number of rotatable bonds is 0. The van der Waals surface area contributed by atoms with Crippen LogP contribution in [0.3, 0.4) is 0 Å². The van der Waals surface area contributed by atoms with Crippen LogP contribution in [-0.2, 0) is 4.79 Å². The Kier molecular flexibility index (Phi) is 2.08. The number of benzene rings is 2. The molecule has 84 valence electrons. The Morgan fingerprint density at radius 2 is 1.71 bits per heavy atom. The lowest BCUT2D eigenvalue weighted by molar-refractivity contribution is -0.115. The molecule has 2 N–H and O–H groups in total. The summed E-state index contributed by atoms with van der Waals surface area (Å²) in [5.74, 6) is -0.420. The Hall–Kier alpha value is -2.36. The molecule has 0 aromatic heterocycles. The first kappa shape index (κ1) is 9.84. The second-order valence-corrected chi connectivity index (χ2v) is 3.98. The maximum absolute atomic E-state index is 11.8. The van der Waals surface area contributed by atoms with Crippen molar-refractivity contribution >= 4 is 28.3 Å². The van der Waals surface area contributed by atoms with Crippen LogP contribution in [0.1, 0.15) is 10.4 Å². The summed E-state index contributed by atoms with van der Waals surface area (Å²) in [4.78, 5) is 23.2. The van der Waals surface area contributed by atoms with Crippen molar-refractivity contribution in [3.8, 4) is 0 Å². The van der Waals surface area contributed by atoms with Gasteiger partial charge in [-0.1, -0.05) is 24.3 Å². The lowest BCUT2D eigenvalue weighted by Gasteiger charge is -2.07. The highest BCUT2D eigenvalue weighted by molar-refractivity contribution is 6.11. The highest BCUT2D eigenvalue weighted by Crippen LogP contribution is 2.25. The molecule has 2 amide bonds. The summed E-state index contributed by atoms with van der Waals surface area (Å²) >= 11 is 0. The monoisotopic (exact) mass is 226 g/mol. The summed E-state index contributed by atoms with van der Waals surface area (Å²) in [6, 6.07) is 11.4. The fourth-order valence-electron chi connectivity index (χ4n) is 1.98. The van der Waals surface area contributed by atoms with Gasteiger partial charge in [-0.3, -0.25) is 9.59 Å². The Bertz CT molecular complexity index is 634. The molecule has 1 heterocycles. The van der Waals surface area contributed by atoms with Gasteiger partial charge in [-0.05, 0) is 22.9 Å². The minimum atomic E-state index is -0.218. The molecule has 0 saturated heterocycles. The molecule has 0 radical (unpaired) electrons. The van der Waals surface area contributed by atoms with E-state index in [4.69, 9.17) is 0 Å². The predicted molar refractivity (Wildman–Crippen MR) is 64.9 cm³/mol. The molecular weight excluding hydrogens is 216 g/mol. The predicted octanol–water partition coefficient (Wildman–Crippen LogP) is 1.52. The summed E-state index contributed by atoms with van der Waals surface area (Å²) in [6.07, 6.45) is 0. The van der Waals surface area contributed by atoms with Crippen molar-refractivity contribution < 1.29 is 9.59 Å². The second-order valence-electron chi connectivity index (χ2n) is 3.98. The van der Waals surface area contributed by atoms with E-state index in [-0.39, 0.29) is 18.4 Å². The van der Waals surface area contributed by atoms with E-state index in [0.717, 1.165) is 10.8 Å². The summed E-state index contributed by atoms with van der Waals surface area (Å²) < 4.78 is 0. The average Bonchev–Trinajstić information content (AvgIpc) is 2.47. The molecule has 0 unspecified atom stereocenters. The molecular formula is C13H10N2O2. The van der Waals surface area contributed by atoms with Gasteiger partial charge >= 0.3 is 0 Å². The number of carbonyl (C=O) groups is 2. The van der Waals surface area contributed by atoms with Gasteiger partial charge in [0.15, 0.2) is 0 Å². The van der Waals surface area contributed by atoms with E-state index in [1.807, 2.05) is 30.3 Å².